The van der Waals surface area contributed by atoms with Crippen LogP contribution in [0.4, 0.5) is 14.5 Å². The molecule has 0 bridgehead atoms. The number of anilines is 1. The van der Waals surface area contributed by atoms with E-state index in [1.807, 2.05) is 6.92 Å². The average Bonchev–Trinajstić information content (AvgIpc) is 2.47. The van der Waals surface area contributed by atoms with E-state index in [0.29, 0.717) is 6.54 Å². The number of para-hydroxylation sites is 1. The highest BCUT2D eigenvalue weighted by molar-refractivity contribution is 5.93. The summed E-state index contributed by atoms with van der Waals surface area (Å²) in [7, 11) is 1.65. The van der Waals surface area contributed by atoms with Crippen molar-refractivity contribution in [1.82, 2.24) is 10.2 Å². The summed E-state index contributed by atoms with van der Waals surface area (Å²) >= 11 is 0. The third-order valence-corrected chi connectivity index (χ3v) is 3.02. The first kappa shape index (κ1) is 17.0. The SMILES string of the molecule is CCN(C)C(=O)C(C)NCC(=O)Nc1c(F)cccc1F. The van der Waals surface area contributed by atoms with Gasteiger partial charge in [0.1, 0.15) is 17.3 Å². The van der Waals surface area contributed by atoms with Crippen LogP contribution in [0.5, 0.6) is 0 Å². The molecule has 0 fully saturated rings. The van der Waals surface area contributed by atoms with Gasteiger partial charge in [-0.2, -0.15) is 0 Å². The Balaban J connectivity index is 2.53. The van der Waals surface area contributed by atoms with E-state index >= 15 is 0 Å². The van der Waals surface area contributed by atoms with Gasteiger partial charge in [0.2, 0.25) is 11.8 Å². The molecule has 0 aliphatic heterocycles. The molecule has 21 heavy (non-hydrogen) atoms. The van der Waals surface area contributed by atoms with E-state index in [1.54, 1.807) is 14.0 Å². The topological polar surface area (TPSA) is 61.4 Å². The predicted octanol–water partition coefficient (Wildman–Crippen LogP) is 1.36. The van der Waals surface area contributed by atoms with Crippen molar-refractivity contribution in [2.75, 3.05) is 25.5 Å². The lowest BCUT2D eigenvalue weighted by Gasteiger charge is -2.20. The molecular weight excluding hydrogens is 280 g/mol. The molecule has 1 rings (SSSR count). The van der Waals surface area contributed by atoms with Crippen LogP contribution in [0.1, 0.15) is 13.8 Å². The first-order valence-corrected chi connectivity index (χ1v) is 6.59. The molecule has 5 nitrogen and oxygen atoms in total. The number of nitrogens with one attached hydrogen (secondary N) is 2. The molecule has 7 heteroatoms. The van der Waals surface area contributed by atoms with Crippen molar-refractivity contribution in [3.05, 3.63) is 29.8 Å². The molecule has 2 amide bonds. The summed E-state index contributed by atoms with van der Waals surface area (Å²) < 4.78 is 26.7. The van der Waals surface area contributed by atoms with Crippen molar-refractivity contribution in [2.24, 2.45) is 0 Å². The Morgan fingerprint density at radius 2 is 1.86 bits per heavy atom. The standard InChI is InChI=1S/C14H19F2N3O2/c1-4-19(3)14(21)9(2)17-8-12(20)18-13-10(15)6-5-7-11(13)16/h5-7,9,17H,4,8H2,1-3H3,(H,18,20). The fourth-order valence-corrected chi connectivity index (χ4v) is 1.62. The summed E-state index contributed by atoms with van der Waals surface area (Å²) in [6.45, 7) is 3.78. The third-order valence-electron chi connectivity index (χ3n) is 3.02. The zero-order chi connectivity index (χ0) is 16.0. The second-order valence-electron chi connectivity index (χ2n) is 4.60. The van der Waals surface area contributed by atoms with Gasteiger partial charge >= 0.3 is 0 Å². The summed E-state index contributed by atoms with van der Waals surface area (Å²) in [4.78, 5) is 24.9. The van der Waals surface area contributed by atoms with E-state index in [1.165, 1.54) is 11.0 Å². The van der Waals surface area contributed by atoms with Gasteiger partial charge in [0.05, 0.1) is 12.6 Å². The molecule has 0 heterocycles. The van der Waals surface area contributed by atoms with E-state index in [4.69, 9.17) is 0 Å². The van der Waals surface area contributed by atoms with Crippen molar-refractivity contribution in [3.63, 3.8) is 0 Å². The Morgan fingerprint density at radius 3 is 2.38 bits per heavy atom. The van der Waals surface area contributed by atoms with Gasteiger partial charge in [0.15, 0.2) is 0 Å². The van der Waals surface area contributed by atoms with E-state index in [2.05, 4.69) is 10.6 Å². The van der Waals surface area contributed by atoms with Crippen LogP contribution in [-0.2, 0) is 9.59 Å². The molecule has 1 atom stereocenters. The van der Waals surface area contributed by atoms with Gasteiger partial charge < -0.3 is 10.2 Å². The molecule has 0 aliphatic rings. The Labute approximate surface area is 122 Å². The Hall–Kier alpha value is -2.02. The highest BCUT2D eigenvalue weighted by atomic mass is 19.1. The van der Waals surface area contributed by atoms with Gasteiger partial charge in [-0.05, 0) is 26.0 Å². The van der Waals surface area contributed by atoms with Crippen LogP contribution >= 0.6 is 0 Å². The zero-order valence-corrected chi connectivity index (χ0v) is 12.2. The minimum Gasteiger partial charge on any atom is -0.345 e. The molecule has 0 saturated heterocycles. The molecule has 1 aromatic carbocycles. The second kappa shape index (κ2) is 7.68. The minimum absolute atomic E-state index is 0.164. The van der Waals surface area contributed by atoms with Crippen molar-refractivity contribution in [3.8, 4) is 0 Å². The van der Waals surface area contributed by atoms with Gasteiger partial charge in [-0.25, -0.2) is 8.78 Å². The van der Waals surface area contributed by atoms with Crippen molar-refractivity contribution >= 4 is 17.5 Å². The highest BCUT2D eigenvalue weighted by Crippen LogP contribution is 2.17. The van der Waals surface area contributed by atoms with Crippen LogP contribution in [-0.4, -0.2) is 42.9 Å². The summed E-state index contributed by atoms with van der Waals surface area (Å²) in [5, 5.41) is 4.85. The van der Waals surface area contributed by atoms with Crippen LogP contribution in [0.3, 0.4) is 0 Å². The zero-order valence-electron chi connectivity index (χ0n) is 12.2. The summed E-state index contributed by atoms with van der Waals surface area (Å²) in [6.07, 6.45) is 0. The summed E-state index contributed by atoms with van der Waals surface area (Å²) in [6, 6.07) is 2.74. The third kappa shape index (κ3) is 4.78. The number of benzene rings is 1. The number of likely N-dealkylation sites (N-methyl/N-ethyl adjacent to an activating group) is 1. The van der Waals surface area contributed by atoms with Crippen LogP contribution in [0.2, 0.25) is 0 Å². The summed E-state index contributed by atoms with van der Waals surface area (Å²) in [5.74, 6) is -2.49. The molecule has 116 valence electrons. The Morgan fingerprint density at radius 1 is 1.29 bits per heavy atom. The number of nitrogens with zero attached hydrogens (tertiary/aromatic N) is 1. The predicted molar refractivity (Wildman–Crippen MR) is 75.8 cm³/mol. The molecule has 0 aromatic heterocycles. The first-order valence-electron chi connectivity index (χ1n) is 6.59. The van der Waals surface area contributed by atoms with Gasteiger partial charge in [-0.15, -0.1) is 0 Å². The molecular formula is C14H19F2N3O2. The lowest BCUT2D eigenvalue weighted by molar-refractivity contribution is -0.131. The maximum Gasteiger partial charge on any atom is 0.239 e. The lowest BCUT2D eigenvalue weighted by atomic mass is 10.2. The smallest absolute Gasteiger partial charge is 0.239 e. The number of hydrogen-bond donors (Lipinski definition) is 2. The van der Waals surface area contributed by atoms with Gasteiger partial charge in [0.25, 0.3) is 0 Å². The maximum atomic E-state index is 13.4. The Kier molecular flexibility index (Phi) is 6.23. The number of carbonyl (C=O) groups excluding carboxylic acids is 2. The highest BCUT2D eigenvalue weighted by Gasteiger charge is 2.17. The van der Waals surface area contributed by atoms with Crippen LogP contribution < -0.4 is 10.6 Å². The maximum absolute atomic E-state index is 13.4. The molecule has 1 aromatic rings. The summed E-state index contributed by atoms with van der Waals surface area (Å²) in [5.41, 5.74) is -0.492. The Bertz CT molecular complexity index is 503. The lowest BCUT2D eigenvalue weighted by Crippen LogP contribution is -2.45. The minimum atomic E-state index is -0.849. The van der Waals surface area contributed by atoms with Crippen LogP contribution in [0.25, 0.3) is 0 Å². The van der Waals surface area contributed by atoms with Gasteiger partial charge in [-0.3, -0.25) is 14.9 Å². The number of hydrogen-bond acceptors (Lipinski definition) is 3. The normalized spacial score (nSPS) is 11.9. The second-order valence-corrected chi connectivity index (χ2v) is 4.60. The number of amides is 2. The number of carbonyl (C=O) groups is 2. The molecule has 0 radical (unpaired) electrons. The molecule has 0 aliphatic carbocycles. The number of halogens is 2. The van der Waals surface area contributed by atoms with E-state index in [-0.39, 0.29) is 12.5 Å². The van der Waals surface area contributed by atoms with Crippen molar-refractivity contribution < 1.29 is 18.4 Å². The van der Waals surface area contributed by atoms with Crippen molar-refractivity contribution in [1.29, 1.82) is 0 Å². The average molecular weight is 299 g/mol. The number of rotatable bonds is 6. The van der Waals surface area contributed by atoms with Crippen LogP contribution in [0, 0.1) is 11.6 Å². The fourth-order valence-electron chi connectivity index (χ4n) is 1.62. The molecule has 0 spiro atoms. The molecule has 0 saturated carbocycles. The largest absolute Gasteiger partial charge is 0.345 e. The van der Waals surface area contributed by atoms with E-state index < -0.39 is 29.3 Å². The van der Waals surface area contributed by atoms with Gasteiger partial charge in [-0.1, -0.05) is 6.07 Å². The molecule has 1 unspecified atom stereocenters. The quantitative estimate of drug-likeness (QED) is 0.834. The van der Waals surface area contributed by atoms with E-state index in [0.717, 1.165) is 12.1 Å². The molecule has 2 N–H and O–H groups in total. The van der Waals surface area contributed by atoms with Crippen LogP contribution in [0.15, 0.2) is 18.2 Å². The van der Waals surface area contributed by atoms with E-state index in [9.17, 15) is 18.4 Å². The van der Waals surface area contributed by atoms with Gasteiger partial charge in [0, 0.05) is 13.6 Å². The monoisotopic (exact) mass is 299 g/mol. The first-order chi connectivity index (χ1) is 9.86. The fraction of sp³-hybridized carbons (Fsp3) is 0.429. The van der Waals surface area contributed by atoms with Crippen molar-refractivity contribution in [2.45, 2.75) is 19.9 Å².